The second-order valence-corrected chi connectivity index (χ2v) is 4.98. The molecule has 3 nitrogen and oxygen atoms in total. The van der Waals surface area contributed by atoms with Crippen LogP contribution in [0.3, 0.4) is 0 Å². The number of ether oxygens (including phenoxy) is 2. The van der Waals surface area contributed by atoms with Crippen molar-refractivity contribution < 1.29 is 14.6 Å². The zero-order valence-electron chi connectivity index (χ0n) is 11.5. The van der Waals surface area contributed by atoms with Crippen LogP contribution < -0.4 is 9.47 Å². The largest absolute Gasteiger partial charge is 0.496 e. The molecule has 20 heavy (non-hydrogen) atoms. The van der Waals surface area contributed by atoms with Crippen molar-refractivity contribution in [1.29, 1.82) is 0 Å². The Kier molecular flexibility index (Phi) is 3.61. The van der Waals surface area contributed by atoms with Crippen LogP contribution in [-0.2, 0) is 13.0 Å². The number of benzene rings is 2. The topological polar surface area (TPSA) is 38.7 Å². The van der Waals surface area contributed by atoms with Crippen molar-refractivity contribution in [3.8, 4) is 11.5 Å². The number of hydrogen-bond acceptors (Lipinski definition) is 3. The summed E-state index contributed by atoms with van der Waals surface area (Å²) in [6, 6.07) is 13.7. The van der Waals surface area contributed by atoms with Gasteiger partial charge in [-0.15, -0.1) is 0 Å². The molecule has 0 amide bonds. The normalized spacial score (nSPS) is 16.8. The van der Waals surface area contributed by atoms with Crippen molar-refractivity contribution in [3.63, 3.8) is 0 Å². The predicted molar refractivity (Wildman–Crippen MR) is 77.0 cm³/mol. The van der Waals surface area contributed by atoms with Crippen molar-refractivity contribution >= 4 is 0 Å². The number of fused-ring (bicyclic) bond motifs is 1. The Morgan fingerprint density at radius 1 is 1.10 bits per heavy atom. The third-order valence-electron chi connectivity index (χ3n) is 3.77. The van der Waals surface area contributed by atoms with E-state index in [1.54, 1.807) is 7.11 Å². The summed E-state index contributed by atoms with van der Waals surface area (Å²) in [7, 11) is 1.66. The van der Waals surface area contributed by atoms with Crippen molar-refractivity contribution in [2.45, 2.75) is 25.6 Å². The predicted octanol–water partition coefficient (Wildman–Crippen LogP) is 3.25. The third-order valence-corrected chi connectivity index (χ3v) is 3.77. The number of aliphatic hydroxyl groups is 1. The molecule has 104 valence electrons. The summed E-state index contributed by atoms with van der Waals surface area (Å²) in [6.07, 6.45) is 1.31. The average Bonchev–Trinajstić information content (AvgIpc) is 2.88. The lowest BCUT2D eigenvalue weighted by molar-refractivity contribution is 0.180. The number of rotatable bonds is 4. The van der Waals surface area contributed by atoms with Gasteiger partial charge in [0.05, 0.1) is 13.2 Å². The molecule has 0 saturated carbocycles. The number of methoxy groups -OCH3 is 1. The van der Waals surface area contributed by atoms with Gasteiger partial charge < -0.3 is 14.6 Å². The molecule has 3 heteroatoms. The van der Waals surface area contributed by atoms with Crippen LogP contribution in [0, 0.1) is 0 Å². The van der Waals surface area contributed by atoms with Gasteiger partial charge in [0.25, 0.3) is 0 Å². The molecule has 1 aliphatic carbocycles. The monoisotopic (exact) mass is 270 g/mol. The molecule has 3 rings (SSSR count). The third kappa shape index (κ3) is 2.37. The van der Waals surface area contributed by atoms with Gasteiger partial charge in [-0.25, -0.2) is 0 Å². The molecule has 2 aromatic rings. The van der Waals surface area contributed by atoms with Gasteiger partial charge in [0.1, 0.15) is 18.1 Å². The van der Waals surface area contributed by atoms with Crippen molar-refractivity contribution in [3.05, 3.63) is 59.2 Å². The highest BCUT2D eigenvalue weighted by molar-refractivity contribution is 5.44. The maximum absolute atomic E-state index is 9.90. The van der Waals surface area contributed by atoms with E-state index in [1.807, 2.05) is 42.5 Å². The average molecular weight is 270 g/mol. The maximum Gasteiger partial charge on any atom is 0.125 e. The van der Waals surface area contributed by atoms with Crippen LogP contribution >= 0.6 is 0 Å². The highest BCUT2D eigenvalue weighted by Crippen LogP contribution is 2.37. The van der Waals surface area contributed by atoms with Crippen LogP contribution in [0.15, 0.2) is 42.5 Å². The van der Waals surface area contributed by atoms with Gasteiger partial charge in [0, 0.05) is 11.1 Å². The molecule has 1 atom stereocenters. The SMILES string of the molecule is COc1ccccc1COc1cccc2c1CCC2O. The van der Waals surface area contributed by atoms with Gasteiger partial charge in [-0.2, -0.15) is 0 Å². The summed E-state index contributed by atoms with van der Waals surface area (Å²) in [5.74, 6) is 1.70. The molecule has 0 spiro atoms. The van der Waals surface area contributed by atoms with Crippen LogP contribution in [-0.4, -0.2) is 12.2 Å². The van der Waals surface area contributed by atoms with Gasteiger partial charge in [-0.3, -0.25) is 0 Å². The lowest BCUT2D eigenvalue weighted by Crippen LogP contribution is -2.00. The minimum Gasteiger partial charge on any atom is -0.496 e. The maximum atomic E-state index is 9.90. The highest BCUT2D eigenvalue weighted by atomic mass is 16.5. The molecule has 0 saturated heterocycles. The van der Waals surface area contributed by atoms with E-state index >= 15 is 0 Å². The zero-order valence-corrected chi connectivity index (χ0v) is 11.5. The first-order chi connectivity index (χ1) is 9.79. The molecule has 2 aromatic carbocycles. The summed E-state index contributed by atoms with van der Waals surface area (Å²) in [6.45, 7) is 0.469. The fourth-order valence-corrected chi connectivity index (χ4v) is 2.71. The minimum absolute atomic E-state index is 0.347. The molecule has 0 fully saturated rings. The lowest BCUT2D eigenvalue weighted by Gasteiger charge is -2.13. The minimum atomic E-state index is -0.347. The zero-order chi connectivity index (χ0) is 13.9. The summed E-state index contributed by atoms with van der Waals surface area (Å²) in [5, 5.41) is 9.90. The first-order valence-electron chi connectivity index (χ1n) is 6.84. The van der Waals surface area contributed by atoms with Crippen molar-refractivity contribution in [2.24, 2.45) is 0 Å². The molecule has 1 aliphatic rings. The van der Waals surface area contributed by atoms with Gasteiger partial charge in [0.15, 0.2) is 0 Å². The summed E-state index contributed by atoms with van der Waals surface area (Å²) in [5.41, 5.74) is 3.16. The Balaban J connectivity index is 1.80. The standard InChI is InChI=1S/C17H18O3/c1-19-16-7-3-2-5-12(16)11-20-17-8-4-6-13-14(17)9-10-15(13)18/h2-8,15,18H,9-11H2,1H3. The van der Waals surface area contributed by atoms with E-state index in [1.165, 1.54) is 0 Å². The van der Waals surface area contributed by atoms with Gasteiger partial charge in [0.2, 0.25) is 0 Å². The molecule has 0 aromatic heterocycles. The number of hydrogen-bond donors (Lipinski definition) is 1. The molecule has 0 radical (unpaired) electrons. The first-order valence-corrected chi connectivity index (χ1v) is 6.84. The fraction of sp³-hybridized carbons (Fsp3) is 0.294. The number of para-hydroxylation sites is 1. The molecular formula is C17H18O3. The van der Waals surface area contributed by atoms with Gasteiger partial charge in [-0.05, 0) is 30.5 Å². The van der Waals surface area contributed by atoms with E-state index in [0.717, 1.165) is 41.0 Å². The van der Waals surface area contributed by atoms with Gasteiger partial charge in [-0.1, -0.05) is 30.3 Å². The molecule has 0 heterocycles. The second-order valence-electron chi connectivity index (χ2n) is 4.98. The fourth-order valence-electron chi connectivity index (χ4n) is 2.71. The summed E-state index contributed by atoms with van der Waals surface area (Å²) in [4.78, 5) is 0. The lowest BCUT2D eigenvalue weighted by atomic mass is 10.1. The van der Waals surface area contributed by atoms with Crippen LogP contribution in [0.25, 0.3) is 0 Å². The smallest absolute Gasteiger partial charge is 0.125 e. The molecular weight excluding hydrogens is 252 g/mol. The van der Waals surface area contributed by atoms with E-state index in [-0.39, 0.29) is 6.10 Å². The molecule has 1 unspecified atom stereocenters. The quantitative estimate of drug-likeness (QED) is 0.926. The van der Waals surface area contributed by atoms with Crippen LogP contribution in [0.4, 0.5) is 0 Å². The van der Waals surface area contributed by atoms with Crippen LogP contribution in [0.1, 0.15) is 29.2 Å². The van der Waals surface area contributed by atoms with E-state index in [2.05, 4.69) is 0 Å². The Morgan fingerprint density at radius 2 is 1.90 bits per heavy atom. The van der Waals surface area contributed by atoms with Gasteiger partial charge >= 0.3 is 0 Å². The second kappa shape index (κ2) is 5.55. The summed E-state index contributed by atoms with van der Waals surface area (Å²) < 4.78 is 11.3. The Bertz CT molecular complexity index is 607. The Morgan fingerprint density at radius 3 is 2.75 bits per heavy atom. The molecule has 0 bridgehead atoms. The van der Waals surface area contributed by atoms with E-state index in [0.29, 0.717) is 6.61 Å². The first kappa shape index (κ1) is 13.0. The number of aliphatic hydroxyl groups excluding tert-OH is 1. The summed E-state index contributed by atoms with van der Waals surface area (Å²) >= 11 is 0. The Labute approximate surface area is 118 Å². The van der Waals surface area contributed by atoms with Crippen LogP contribution in [0.5, 0.6) is 11.5 Å². The van der Waals surface area contributed by atoms with Crippen LogP contribution in [0.2, 0.25) is 0 Å². The van der Waals surface area contributed by atoms with Crippen molar-refractivity contribution in [1.82, 2.24) is 0 Å². The highest BCUT2D eigenvalue weighted by Gasteiger charge is 2.23. The van der Waals surface area contributed by atoms with E-state index in [9.17, 15) is 5.11 Å². The van der Waals surface area contributed by atoms with E-state index in [4.69, 9.17) is 9.47 Å². The molecule has 1 N–H and O–H groups in total. The van der Waals surface area contributed by atoms with E-state index < -0.39 is 0 Å². The Hall–Kier alpha value is -2.00. The van der Waals surface area contributed by atoms with Crippen molar-refractivity contribution in [2.75, 3.05) is 7.11 Å². The molecule has 0 aliphatic heterocycles.